The van der Waals surface area contributed by atoms with Crippen LogP contribution in [0.1, 0.15) is 88.7 Å². The van der Waals surface area contributed by atoms with Crippen LogP contribution in [0.4, 0.5) is 14.5 Å². The van der Waals surface area contributed by atoms with E-state index < -0.39 is 17.5 Å². The molecule has 3 aromatic rings. The molecule has 1 heterocycles. The Labute approximate surface area is 279 Å². The van der Waals surface area contributed by atoms with Crippen molar-refractivity contribution in [3.63, 3.8) is 0 Å². The third-order valence-electron chi connectivity index (χ3n) is 6.47. The van der Waals surface area contributed by atoms with Crippen LogP contribution in [0.5, 0.6) is 0 Å². The summed E-state index contributed by atoms with van der Waals surface area (Å²) < 4.78 is 26.1. The molecular weight excluding hydrogens is 604 g/mol. The molecule has 4 rings (SSSR count). The lowest BCUT2D eigenvalue weighted by Gasteiger charge is -2.38. The Morgan fingerprint density at radius 1 is 1.13 bits per heavy atom. The van der Waals surface area contributed by atoms with E-state index in [0.717, 1.165) is 18.0 Å². The lowest BCUT2D eigenvalue weighted by Crippen LogP contribution is -2.47. The molecule has 6 nitrogen and oxygen atoms in total. The molecule has 0 amide bonds. The highest BCUT2D eigenvalue weighted by molar-refractivity contribution is 6.31. The number of carbonyl (C=O) groups excluding carboxylic acids is 1. The number of carbonyl (C=O) groups is 1. The summed E-state index contributed by atoms with van der Waals surface area (Å²) in [6.07, 6.45) is 6.37. The molecule has 0 radical (unpaired) electrons. The van der Waals surface area contributed by atoms with Crippen LogP contribution in [-0.2, 0) is 4.79 Å². The van der Waals surface area contributed by atoms with Gasteiger partial charge in [0.2, 0.25) is 0 Å². The van der Waals surface area contributed by atoms with Gasteiger partial charge in [0.25, 0.3) is 0 Å². The molecule has 1 aliphatic carbocycles. The van der Waals surface area contributed by atoms with Gasteiger partial charge in [0.1, 0.15) is 23.8 Å². The van der Waals surface area contributed by atoms with Crippen molar-refractivity contribution in [1.29, 1.82) is 10.5 Å². The monoisotopic (exact) mass is 651 g/mol. The minimum Gasteiger partial charge on any atom is -0.361 e. The fourth-order valence-corrected chi connectivity index (χ4v) is 4.13. The number of nitrogens with zero attached hydrogens (tertiary/aromatic N) is 4. The number of alkyl halides is 1. The van der Waals surface area contributed by atoms with Gasteiger partial charge in [-0.3, -0.25) is 4.98 Å². The van der Waals surface area contributed by atoms with E-state index in [0.29, 0.717) is 40.7 Å². The molecule has 0 aliphatic heterocycles. The van der Waals surface area contributed by atoms with Crippen molar-refractivity contribution >= 4 is 23.6 Å². The van der Waals surface area contributed by atoms with E-state index in [1.165, 1.54) is 30.5 Å². The number of anilines is 1. The smallest absolute Gasteiger partial charge is 0.147 e. The topological polar surface area (TPSA) is 92.8 Å². The Kier molecular flexibility index (Phi) is 20.4. The average Bonchev–Trinajstić information content (AvgIpc) is 3.01. The predicted molar refractivity (Wildman–Crippen MR) is 186 cm³/mol. The molecule has 46 heavy (non-hydrogen) atoms. The van der Waals surface area contributed by atoms with E-state index in [9.17, 15) is 13.6 Å². The number of aldehydes is 1. The summed E-state index contributed by atoms with van der Waals surface area (Å²) in [5.74, 6) is -0.528. The predicted octanol–water partition coefficient (Wildman–Crippen LogP) is 9.47. The van der Waals surface area contributed by atoms with Gasteiger partial charge in [-0.15, -0.1) is 6.58 Å². The summed E-state index contributed by atoms with van der Waals surface area (Å²) in [5.41, 5.74) is 3.11. The number of nitriles is 2. The number of aromatic nitrogens is 1. The first-order chi connectivity index (χ1) is 21.7. The number of unbranched alkanes of at least 4 members (excludes halogenated alkanes) is 1. The largest absolute Gasteiger partial charge is 0.361 e. The quantitative estimate of drug-likeness (QED) is 0.211. The molecule has 1 atom stereocenters. The second-order valence-corrected chi connectivity index (χ2v) is 11.7. The molecular formula is C37H48ClF2N5O. The SMILES string of the molecule is C=C(C)C.CCCC.CN(c1cc(F)cc(C#N)c1)C(C=O)c1ccccc1Cl.CNC1CC(C)(F)C1.Cc1cc(C#N)ccn1. The van der Waals surface area contributed by atoms with E-state index in [2.05, 4.69) is 30.7 Å². The summed E-state index contributed by atoms with van der Waals surface area (Å²) >= 11 is 6.11. The lowest BCUT2D eigenvalue weighted by molar-refractivity contribution is -0.109. The zero-order valence-corrected chi connectivity index (χ0v) is 29.1. The first kappa shape index (κ1) is 41.9. The number of allylic oxidation sites excluding steroid dienone is 1. The van der Waals surface area contributed by atoms with E-state index in [4.69, 9.17) is 22.1 Å². The third kappa shape index (κ3) is 16.8. The van der Waals surface area contributed by atoms with Crippen molar-refractivity contribution in [2.45, 2.75) is 85.0 Å². The maximum Gasteiger partial charge on any atom is 0.147 e. The molecule has 0 bridgehead atoms. The number of likely N-dealkylation sites (N-methyl/N-ethyl adjacent to an activating group) is 1. The van der Waals surface area contributed by atoms with Gasteiger partial charge in [-0.05, 0) is 84.0 Å². The lowest BCUT2D eigenvalue weighted by atomic mass is 9.79. The number of nitrogens with one attached hydrogen (secondary N) is 1. The maximum atomic E-state index is 13.5. The van der Waals surface area contributed by atoms with Crippen molar-refractivity contribution in [2.75, 3.05) is 19.0 Å². The first-order valence-electron chi connectivity index (χ1n) is 15.1. The van der Waals surface area contributed by atoms with Gasteiger partial charge in [-0.25, -0.2) is 8.78 Å². The maximum absolute atomic E-state index is 13.5. The molecule has 1 unspecified atom stereocenters. The van der Waals surface area contributed by atoms with Gasteiger partial charge < -0.3 is 15.0 Å². The number of benzene rings is 2. The Bertz CT molecular complexity index is 1430. The third-order valence-corrected chi connectivity index (χ3v) is 6.81. The number of pyridine rings is 1. The first-order valence-corrected chi connectivity index (χ1v) is 15.5. The zero-order chi connectivity index (χ0) is 35.3. The molecule has 0 spiro atoms. The molecule has 0 saturated heterocycles. The minimum atomic E-state index is -0.867. The number of halogens is 3. The van der Waals surface area contributed by atoms with Gasteiger partial charge in [-0.1, -0.05) is 62.1 Å². The number of hydrogen-bond acceptors (Lipinski definition) is 6. The highest BCUT2D eigenvalue weighted by Gasteiger charge is 2.39. The normalized spacial score (nSPS) is 16.2. The van der Waals surface area contributed by atoms with E-state index in [1.54, 1.807) is 61.5 Å². The average molecular weight is 652 g/mol. The number of aryl methyl sites for hydroxylation is 1. The fraction of sp³-hybridized carbons (Fsp3) is 0.405. The molecule has 248 valence electrons. The second kappa shape index (κ2) is 22.4. The summed E-state index contributed by atoms with van der Waals surface area (Å²) in [6.45, 7) is 15.4. The van der Waals surface area contributed by atoms with Gasteiger partial charge in [0, 0.05) is 41.3 Å². The second-order valence-electron chi connectivity index (χ2n) is 11.3. The van der Waals surface area contributed by atoms with Crippen LogP contribution in [0.15, 0.2) is 72.9 Å². The Morgan fingerprint density at radius 2 is 1.70 bits per heavy atom. The van der Waals surface area contributed by atoms with Crippen LogP contribution in [0.3, 0.4) is 0 Å². The van der Waals surface area contributed by atoms with Crippen LogP contribution >= 0.6 is 11.6 Å². The van der Waals surface area contributed by atoms with Crippen molar-refractivity contribution < 1.29 is 13.6 Å². The van der Waals surface area contributed by atoms with Crippen LogP contribution in [0.2, 0.25) is 5.02 Å². The molecule has 1 saturated carbocycles. The van der Waals surface area contributed by atoms with E-state index in [-0.39, 0.29) is 5.56 Å². The highest BCUT2D eigenvalue weighted by atomic mass is 35.5. The Balaban J connectivity index is 0.000000664. The molecule has 9 heteroatoms. The Morgan fingerprint density at radius 3 is 2.09 bits per heavy atom. The standard InChI is InChI=1S/C16H12ClFN2O.C7H6N2.C6H12FN.C4H8.C4H10/c1-20(13-7-11(9-19)6-12(18)8-13)16(10-21)14-4-2-3-5-15(14)17;1-6-4-7(5-8)2-3-9-6;1-6(7)3-5(4-6)8-2;1-4(2)3;1-3-4-2/h2-8,10,16H,1H3;2-4H,1H3;5,8H,3-4H2,1-2H3;1H2,2-3H3;3-4H2,1-2H3. The van der Waals surface area contributed by atoms with Crippen molar-refractivity contribution in [1.82, 2.24) is 10.3 Å². The number of hydrogen-bond donors (Lipinski definition) is 1. The molecule has 1 aliphatic rings. The van der Waals surface area contributed by atoms with E-state index >= 15 is 0 Å². The minimum absolute atomic E-state index is 0.195. The van der Waals surface area contributed by atoms with Crippen molar-refractivity contribution in [2.24, 2.45) is 0 Å². The van der Waals surface area contributed by atoms with Gasteiger partial charge in [0.05, 0.1) is 23.3 Å². The molecule has 1 N–H and O–H groups in total. The number of rotatable bonds is 6. The van der Waals surface area contributed by atoms with Gasteiger partial charge in [0.15, 0.2) is 0 Å². The van der Waals surface area contributed by atoms with Crippen LogP contribution in [0.25, 0.3) is 0 Å². The molecule has 1 fully saturated rings. The summed E-state index contributed by atoms with van der Waals surface area (Å²) in [4.78, 5) is 17.0. The molecule has 2 aromatic carbocycles. The van der Waals surface area contributed by atoms with Crippen LogP contribution < -0.4 is 10.2 Å². The van der Waals surface area contributed by atoms with Crippen molar-refractivity contribution in [3.05, 3.63) is 106 Å². The zero-order valence-electron chi connectivity index (χ0n) is 28.4. The summed E-state index contributed by atoms with van der Waals surface area (Å²) in [6, 6.07) is 18.0. The Hall–Kier alpha value is -4.11. The van der Waals surface area contributed by atoms with Crippen LogP contribution in [-0.4, -0.2) is 37.1 Å². The van der Waals surface area contributed by atoms with Gasteiger partial charge in [-0.2, -0.15) is 10.5 Å². The summed E-state index contributed by atoms with van der Waals surface area (Å²) in [7, 11) is 3.53. The van der Waals surface area contributed by atoms with Gasteiger partial charge >= 0.3 is 0 Å². The molecule has 1 aromatic heterocycles. The highest BCUT2D eigenvalue weighted by Crippen LogP contribution is 2.35. The van der Waals surface area contributed by atoms with Crippen LogP contribution in [0, 0.1) is 35.4 Å². The van der Waals surface area contributed by atoms with Crippen molar-refractivity contribution in [3.8, 4) is 12.1 Å². The summed E-state index contributed by atoms with van der Waals surface area (Å²) in [5, 5.41) is 20.8. The van der Waals surface area contributed by atoms with E-state index in [1.807, 2.05) is 40.0 Å². The fourth-order valence-electron chi connectivity index (χ4n) is 3.88.